The lowest BCUT2D eigenvalue weighted by Crippen LogP contribution is -2.39. The van der Waals surface area contributed by atoms with Crippen LogP contribution in [-0.4, -0.2) is 30.1 Å². The number of carbonyl (C=O) groups excluding carboxylic acids is 1. The summed E-state index contributed by atoms with van der Waals surface area (Å²) in [6.07, 6.45) is -3.27. The second-order valence-electron chi connectivity index (χ2n) is 4.40. The Labute approximate surface area is 120 Å². The highest BCUT2D eigenvalue weighted by Crippen LogP contribution is 2.26. The molecular formula is C13H16ClF3N2O. The van der Waals surface area contributed by atoms with E-state index in [1.807, 2.05) is 6.92 Å². The highest BCUT2D eigenvalue weighted by molar-refractivity contribution is 6.36. The van der Waals surface area contributed by atoms with Crippen LogP contribution in [0.4, 0.5) is 18.9 Å². The van der Waals surface area contributed by atoms with E-state index in [0.29, 0.717) is 12.8 Å². The van der Waals surface area contributed by atoms with Crippen LogP contribution in [-0.2, 0) is 0 Å². The Balaban J connectivity index is 3.00. The van der Waals surface area contributed by atoms with Crippen LogP contribution in [0.1, 0.15) is 30.1 Å². The van der Waals surface area contributed by atoms with Crippen molar-refractivity contribution in [3.8, 4) is 0 Å². The van der Waals surface area contributed by atoms with Gasteiger partial charge in [0, 0.05) is 6.54 Å². The molecular weight excluding hydrogens is 293 g/mol. The van der Waals surface area contributed by atoms with Crippen molar-refractivity contribution in [1.29, 1.82) is 0 Å². The first-order valence-corrected chi connectivity index (χ1v) is 6.54. The third-order valence-corrected chi connectivity index (χ3v) is 3.12. The molecule has 0 atom stereocenters. The van der Waals surface area contributed by atoms with E-state index in [9.17, 15) is 18.0 Å². The standard InChI is InChI=1S/C13H16ClF3N2O/c1-2-3-7-19(8-13(15,16)17)12(20)9-5-4-6-10(18)11(9)14/h4-6H,2-3,7-8,18H2,1H3. The SMILES string of the molecule is CCCCN(CC(F)(F)F)C(=O)c1cccc(N)c1Cl. The van der Waals surface area contributed by atoms with Crippen molar-refractivity contribution in [1.82, 2.24) is 4.90 Å². The number of alkyl halides is 3. The summed E-state index contributed by atoms with van der Waals surface area (Å²) >= 11 is 5.88. The Kier molecular flexibility index (Phi) is 5.68. The summed E-state index contributed by atoms with van der Waals surface area (Å²) in [4.78, 5) is 12.9. The monoisotopic (exact) mass is 308 g/mol. The quantitative estimate of drug-likeness (QED) is 0.843. The Hall–Kier alpha value is -1.43. The van der Waals surface area contributed by atoms with Gasteiger partial charge in [0.25, 0.3) is 5.91 Å². The molecule has 20 heavy (non-hydrogen) atoms. The van der Waals surface area contributed by atoms with Crippen molar-refractivity contribution in [3.63, 3.8) is 0 Å². The molecule has 7 heteroatoms. The van der Waals surface area contributed by atoms with E-state index in [-0.39, 0.29) is 22.8 Å². The van der Waals surface area contributed by atoms with Gasteiger partial charge in [0.05, 0.1) is 16.3 Å². The van der Waals surface area contributed by atoms with E-state index in [1.165, 1.54) is 18.2 Å². The molecule has 0 fully saturated rings. The van der Waals surface area contributed by atoms with E-state index in [0.717, 1.165) is 4.90 Å². The largest absolute Gasteiger partial charge is 0.406 e. The minimum absolute atomic E-state index is 0.00739. The number of unbranched alkanes of at least 4 members (excludes halogenated alkanes) is 1. The molecule has 0 saturated carbocycles. The van der Waals surface area contributed by atoms with Gasteiger partial charge in [-0.25, -0.2) is 0 Å². The van der Waals surface area contributed by atoms with Crippen LogP contribution in [0.2, 0.25) is 5.02 Å². The first-order valence-electron chi connectivity index (χ1n) is 6.16. The van der Waals surface area contributed by atoms with E-state index >= 15 is 0 Å². The summed E-state index contributed by atoms with van der Waals surface area (Å²) in [6.45, 7) is 0.570. The zero-order valence-corrected chi connectivity index (χ0v) is 11.8. The molecule has 1 amide bonds. The second-order valence-corrected chi connectivity index (χ2v) is 4.78. The van der Waals surface area contributed by atoms with Gasteiger partial charge in [-0.1, -0.05) is 31.0 Å². The predicted molar refractivity (Wildman–Crippen MR) is 72.7 cm³/mol. The molecule has 0 radical (unpaired) electrons. The number of carbonyl (C=O) groups is 1. The molecule has 3 nitrogen and oxygen atoms in total. The van der Waals surface area contributed by atoms with Crippen molar-refractivity contribution in [2.75, 3.05) is 18.8 Å². The van der Waals surface area contributed by atoms with Gasteiger partial charge in [0.2, 0.25) is 0 Å². The van der Waals surface area contributed by atoms with Gasteiger partial charge in [-0.15, -0.1) is 0 Å². The molecule has 0 spiro atoms. The number of halogens is 4. The molecule has 0 aromatic heterocycles. The normalized spacial score (nSPS) is 11.4. The maximum absolute atomic E-state index is 12.5. The zero-order chi connectivity index (χ0) is 15.3. The third kappa shape index (κ3) is 4.59. The van der Waals surface area contributed by atoms with Gasteiger partial charge in [0.1, 0.15) is 6.54 Å². The average Bonchev–Trinajstić information content (AvgIpc) is 2.35. The first kappa shape index (κ1) is 16.6. The minimum Gasteiger partial charge on any atom is -0.398 e. The van der Waals surface area contributed by atoms with Crippen LogP contribution in [0.3, 0.4) is 0 Å². The fraction of sp³-hybridized carbons (Fsp3) is 0.462. The van der Waals surface area contributed by atoms with Gasteiger partial charge in [-0.05, 0) is 18.6 Å². The van der Waals surface area contributed by atoms with Crippen LogP contribution in [0.25, 0.3) is 0 Å². The van der Waals surface area contributed by atoms with Crippen molar-refractivity contribution in [2.45, 2.75) is 25.9 Å². The molecule has 112 valence electrons. The van der Waals surface area contributed by atoms with Crippen molar-refractivity contribution < 1.29 is 18.0 Å². The Bertz CT molecular complexity index is 477. The van der Waals surface area contributed by atoms with Crippen LogP contribution in [0.15, 0.2) is 18.2 Å². The lowest BCUT2D eigenvalue weighted by molar-refractivity contribution is -0.140. The van der Waals surface area contributed by atoms with Gasteiger partial charge in [-0.3, -0.25) is 4.79 Å². The summed E-state index contributed by atoms with van der Waals surface area (Å²) < 4.78 is 37.6. The summed E-state index contributed by atoms with van der Waals surface area (Å²) in [7, 11) is 0. The molecule has 0 aliphatic carbocycles. The molecule has 0 aliphatic rings. The highest BCUT2D eigenvalue weighted by atomic mass is 35.5. The molecule has 0 saturated heterocycles. The number of hydrogen-bond acceptors (Lipinski definition) is 2. The number of benzene rings is 1. The van der Waals surface area contributed by atoms with Crippen molar-refractivity contribution in [3.05, 3.63) is 28.8 Å². The summed E-state index contributed by atoms with van der Waals surface area (Å²) in [5, 5.41) is -0.0128. The summed E-state index contributed by atoms with van der Waals surface area (Å²) in [5.74, 6) is -0.756. The van der Waals surface area contributed by atoms with Crippen LogP contribution in [0, 0.1) is 0 Å². The topological polar surface area (TPSA) is 46.3 Å². The highest BCUT2D eigenvalue weighted by Gasteiger charge is 2.33. The van der Waals surface area contributed by atoms with E-state index < -0.39 is 18.6 Å². The first-order chi connectivity index (χ1) is 9.26. The van der Waals surface area contributed by atoms with Crippen LogP contribution < -0.4 is 5.73 Å². The maximum atomic E-state index is 12.5. The Morgan fingerprint density at radius 1 is 1.40 bits per heavy atom. The number of nitrogen functional groups attached to an aromatic ring is 1. The number of amides is 1. The van der Waals surface area contributed by atoms with Gasteiger partial charge in [0.15, 0.2) is 0 Å². The summed E-state index contributed by atoms with van der Waals surface area (Å²) in [5.41, 5.74) is 5.72. The number of nitrogens with zero attached hydrogens (tertiary/aromatic N) is 1. The lowest BCUT2D eigenvalue weighted by Gasteiger charge is -2.24. The van der Waals surface area contributed by atoms with Crippen LogP contribution >= 0.6 is 11.6 Å². The lowest BCUT2D eigenvalue weighted by atomic mass is 10.1. The van der Waals surface area contributed by atoms with E-state index in [2.05, 4.69) is 0 Å². The van der Waals surface area contributed by atoms with E-state index in [4.69, 9.17) is 17.3 Å². The molecule has 0 aliphatic heterocycles. The second kappa shape index (κ2) is 6.83. The van der Waals surface area contributed by atoms with Gasteiger partial charge < -0.3 is 10.6 Å². The average molecular weight is 309 g/mol. The Morgan fingerprint density at radius 2 is 2.05 bits per heavy atom. The molecule has 1 aromatic carbocycles. The van der Waals surface area contributed by atoms with Crippen molar-refractivity contribution >= 4 is 23.2 Å². The van der Waals surface area contributed by atoms with Crippen LogP contribution in [0.5, 0.6) is 0 Å². The maximum Gasteiger partial charge on any atom is 0.406 e. The van der Waals surface area contributed by atoms with E-state index in [1.54, 1.807) is 0 Å². The number of anilines is 1. The number of nitrogens with two attached hydrogens (primary N) is 1. The number of rotatable bonds is 5. The Morgan fingerprint density at radius 3 is 2.60 bits per heavy atom. The fourth-order valence-corrected chi connectivity index (χ4v) is 1.91. The molecule has 0 bridgehead atoms. The third-order valence-electron chi connectivity index (χ3n) is 2.70. The zero-order valence-electron chi connectivity index (χ0n) is 11.0. The molecule has 0 heterocycles. The van der Waals surface area contributed by atoms with Gasteiger partial charge >= 0.3 is 6.18 Å². The predicted octanol–water partition coefficient (Wildman–Crippen LogP) is 3.73. The summed E-state index contributed by atoms with van der Waals surface area (Å²) in [6, 6.07) is 4.34. The smallest absolute Gasteiger partial charge is 0.398 e. The fourth-order valence-electron chi connectivity index (χ4n) is 1.70. The molecule has 1 rings (SSSR count). The minimum atomic E-state index is -4.45. The van der Waals surface area contributed by atoms with Crippen molar-refractivity contribution in [2.24, 2.45) is 0 Å². The molecule has 1 aromatic rings. The van der Waals surface area contributed by atoms with Gasteiger partial charge in [-0.2, -0.15) is 13.2 Å². The number of hydrogen-bond donors (Lipinski definition) is 1. The molecule has 2 N–H and O–H groups in total. The molecule has 0 unspecified atom stereocenters.